The maximum absolute atomic E-state index is 12.9. The van der Waals surface area contributed by atoms with Crippen LogP contribution in [0.15, 0.2) is 54.7 Å². The molecule has 0 radical (unpaired) electrons. The molecule has 0 amide bonds. The summed E-state index contributed by atoms with van der Waals surface area (Å²) >= 11 is 0. The lowest BCUT2D eigenvalue weighted by Crippen LogP contribution is -2.09. The second-order valence-electron chi connectivity index (χ2n) is 5.46. The molecule has 1 heterocycles. The Morgan fingerprint density at radius 1 is 1.00 bits per heavy atom. The molecule has 2 N–H and O–H groups in total. The molecule has 0 atom stereocenters. The first-order chi connectivity index (χ1) is 11.7. The number of rotatable bonds is 6. The molecule has 0 bridgehead atoms. The van der Waals surface area contributed by atoms with Gasteiger partial charge in [0.15, 0.2) is 5.82 Å². The second-order valence-corrected chi connectivity index (χ2v) is 5.46. The van der Waals surface area contributed by atoms with E-state index in [4.69, 9.17) is 0 Å². The molecule has 3 aromatic rings. The number of halogens is 1. The summed E-state index contributed by atoms with van der Waals surface area (Å²) in [5.74, 6) is 0.849. The Bertz CT molecular complexity index is 787. The molecule has 24 heavy (non-hydrogen) atoms. The molecular weight excluding hydrogens is 305 g/mol. The zero-order valence-electron chi connectivity index (χ0n) is 13.3. The van der Waals surface area contributed by atoms with E-state index in [0.29, 0.717) is 18.3 Å². The van der Waals surface area contributed by atoms with Gasteiger partial charge in [-0.1, -0.05) is 29.8 Å². The predicted molar refractivity (Wildman–Crippen MR) is 92.9 cm³/mol. The normalized spacial score (nSPS) is 10.4. The van der Waals surface area contributed by atoms with Crippen molar-refractivity contribution in [2.45, 2.75) is 13.3 Å². The standard InChI is InChI=1S/C18H18FN5/c1-13-2-8-16(9-3-13)22-17-12-21-24-18(23-17)20-11-10-14-4-6-15(19)7-5-14/h2-9,12H,10-11H2,1H3,(H2,20,22,23,24). The first-order valence-corrected chi connectivity index (χ1v) is 7.71. The molecule has 6 heteroatoms. The average molecular weight is 323 g/mol. The number of nitrogens with zero attached hydrogens (tertiary/aromatic N) is 3. The van der Waals surface area contributed by atoms with Gasteiger partial charge in [-0.3, -0.25) is 0 Å². The molecule has 0 aliphatic rings. The second kappa shape index (κ2) is 7.50. The van der Waals surface area contributed by atoms with Crippen LogP contribution >= 0.6 is 0 Å². The van der Waals surface area contributed by atoms with E-state index in [2.05, 4.69) is 25.8 Å². The van der Waals surface area contributed by atoms with Crippen molar-refractivity contribution in [1.29, 1.82) is 0 Å². The molecule has 122 valence electrons. The molecule has 0 aliphatic carbocycles. The van der Waals surface area contributed by atoms with Gasteiger partial charge in [-0.25, -0.2) is 4.39 Å². The predicted octanol–water partition coefficient (Wildman–Crippen LogP) is 3.72. The van der Waals surface area contributed by atoms with E-state index in [1.165, 1.54) is 17.7 Å². The van der Waals surface area contributed by atoms with Crippen molar-refractivity contribution < 1.29 is 4.39 Å². The molecule has 1 aromatic heterocycles. The maximum Gasteiger partial charge on any atom is 0.244 e. The molecule has 2 aromatic carbocycles. The highest BCUT2D eigenvalue weighted by molar-refractivity contribution is 5.56. The van der Waals surface area contributed by atoms with Crippen LogP contribution in [0.3, 0.4) is 0 Å². The van der Waals surface area contributed by atoms with Crippen LogP contribution in [-0.2, 0) is 6.42 Å². The van der Waals surface area contributed by atoms with Gasteiger partial charge in [-0.15, -0.1) is 5.10 Å². The smallest absolute Gasteiger partial charge is 0.244 e. The van der Waals surface area contributed by atoms with E-state index >= 15 is 0 Å². The number of aromatic nitrogens is 3. The molecule has 0 aliphatic heterocycles. The fraction of sp³-hybridized carbons (Fsp3) is 0.167. The summed E-state index contributed by atoms with van der Waals surface area (Å²) in [5.41, 5.74) is 3.19. The van der Waals surface area contributed by atoms with Crippen molar-refractivity contribution in [2.75, 3.05) is 17.2 Å². The molecule has 0 saturated heterocycles. The molecule has 0 saturated carbocycles. The van der Waals surface area contributed by atoms with Gasteiger partial charge in [0.2, 0.25) is 5.95 Å². The van der Waals surface area contributed by atoms with Crippen molar-refractivity contribution >= 4 is 17.5 Å². The number of benzene rings is 2. The lowest BCUT2D eigenvalue weighted by atomic mass is 10.1. The minimum Gasteiger partial charge on any atom is -0.353 e. The van der Waals surface area contributed by atoms with Crippen LogP contribution in [0.1, 0.15) is 11.1 Å². The average Bonchev–Trinajstić information content (AvgIpc) is 2.59. The monoisotopic (exact) mass is 323 g/mol. The highest BCUT2D eigenvalue weighted by atomic mass is 19.1. The molecule has 3 rings (SSSR count). The van der Waals surface area contributed by atoms with Gasteiger partial charge in [-0.05, 0) is 43.2 Å². The number of aryl methyl sites for hydroxylation is 1. The minimum absolute atomic E-state index is 0.228. The molecular formula is C18H18FN5. The van der Waals surface area contributed by atoms with Crippen LogP contribution in [0.25, 0.3) is 0 Å². The fourth-order valence-electron chi connectivity index (χ4n) is 2.19. The van der Waals surface area contributed by atoms with Crippen LogP contribution < -0.4 is 10.6 Å². The highest BCUT2D eigenvalue weighted by Crippen LogP contribution is 2.15. The van der Waals surface area contributed by atoms with Crippen LogP contribution in [0, 0.1) is 12.7 Å². The van der Waals surface area contributed by atoms with E-state index in [-0.39, 0.29) is 5.82 Å². The summed E-state index contributed by atoms with van der Waals surface area (Å²) < 4.78 is 12.9. The third-order valence-corrected chi connectivity index (χ3v) is 3.49. The zero-order chi connectivity index (χ0) is 16.8. The Balaban J connectivity index is 1.56. The Morgan fingerprint density at radius 2 is 1.75 bits per heavy atom. The van der Waals surface area contributed by atoms with E-state index in [1.807, 2.05) is 31.2 Å². The maximum atomic E-state index is 12.9. The number of hydrogen-bond acceptors (Lipinski definition) is 5. The third-order valence-electron chi connectivity index (χ3n) is 3.49. The van der Waals surface area contributed by atoms with E-state index in [0.717, 1.165) is 17.7 Å². The molecule has 5 nitrogen and oxygen atoms in total. The van der Waals surface area contributed by atoms with Crippen molar-refractivity contribution in [3.05, 3.63) is 71.7 Å². The first-order valence-electron chi connectivity index (χ1n) is 7.71. The lowest BCUT2D eigenvalue weighted by Gasteiger charge is -2.08. The van der Waals surface area contributed by atoms with Gasteiger partial charge in [0.1, 0.15) is 5.82 Å². The molecule has 0 spiro atoms. The van der Waals surface area contributed by atoms with Crippen molar-refractivity contribution in [1.82, 2.24) is 15.2 Å². The zero-order valence-corrected chi connectivity index (χ0v) is 13.3. The summed E-state index contributed by atoms with van der Waals surface area (Å²) in [5, 5.41) is 14.2. The SMILES string of the molecule is Cc1ccc(Nc2cnnc(NCCc3ccc(F)cc3)n2)cc1. The summed E-state index contributed by atoms with van der Waals surface area (Å²) in [6.07, 6.45) is 2.32. The van der Waals surface area contributed by atoms with E-state index in [9.17, 15) is 4.39 Å². The fourth-order valence-corrected chi connectivity index (χ4v) is 2.19. The first kappa shape index (κ1) is 15.9. The molecule has 0 fully saturated rings. The van der Waals surface area contributed by atoms with Gasteiger partial charge < -0.3 is 10.6 Å². The highest BCUT2D eigenvalue weighted by Gasteiger charge is 2.01. The van der Waals surface area contributed by atoms with Gasteiger partial charge >= 0.3 is 0 Å². The quantitative estimate of drug-likeness (QED) is 0.724. The van der Waals surface area contributed by atoms with Crippen molar-refractivity contribution in [3.8, 4) is 0 Å². The van der Waals surface area contributed by atoms with Gasteiger partial charge in [0.25, 0.3) is 0 Å². The van der Waals surface area contributed by atoms with Gasteiger partial charge in [-0.2, -0.15) is 10.1 Å². The van der Waals surface area contributed by atoms with E-state index < -0.39 is 0 Å². The topological polar surface area (TPSA) is 62.7 Å². The van der Waals surface area contributed by atoms with Crippen molar-refractivity contribution in [2.24, 2.45) is 0 Å². The number of hydrogen-bond donors (Lipinski definition) is 2. The third kappa shape index (κ3) is 4.49. The summed E-state index contributed by atoms with van der Waals surface area (Å²) in [4.78, 5) is 4.38. The van der Waals surface area contributed by atoms with Crippen LogP contribution in [0.5, 0.6) is 0 Å². The Hall–Kier alpha value is -3.02. The van der Waals surface area contributed by atoms with Crippen LogP contribution in [0.2, 0.25) is 0 Å². The summed E-state index contributed by atoms with van der Waals surface area (Å²) in [6.45, 7) is 2.68. The number of nitrogens with one attached hydrogen (secondary N) is 2. The summed E-state index contributed by atoms with van der Waals surface area (Å²) in [6, 6.07) is 14.5. The Kier molecular flexibility index (Phi) is 4.96. The molecule has 0 unspecified atom stereocenters. The van der Waals surface area contributed by atoms with Crippen LogP contribution in [-0.4, -0.2) is 21.7 Å². The Labute approximate surface area is 140 Å². The number of anilines is 3. The van der Waals surface area contributed by atoms with Gasteiger partial charge in [0, 0.05) is 12.2 Å². The minimum atomic E-state index is -0.228. The van der Waals surface area contributed by atoms with E-state index in [1.54, 1.807) is 18.3 Å². The Morgan fingerprint density at radius 3 is 2.50 bits per heavy atom. The summed E-state index contributed by atoms with van der Waals surface area (Å²) in [7, 11) is 0. The van der Waals surface area contributed by atoms with Crippen LogP contribution in [0.4, 0.5) is 21.8 Å². The lowest BCUT2D eigenvalue weighted by molar-refractivity contribution is 0.627. The van der Waals surface area contributed by atoms with Crippen molar-refractivity contribution in [3.63, 3.8) is 0 Å². The largest absolute Gasteiger partial charge is 0.353 e. The van der Waals surface area contributed by atoms with Gasteiger partial charge in [0.05, 0.1) is 6.20 Å².